The zero-order valence-electron chi connectivity index (χ0n) is 12.7. The van der Waals surface area contributed by atoms with Crippen molar-refractivity contribution in [1.82, 2.24) is 5.32 Å². The first kappa shape index (κ1) is 15.4. The van der Waals surface area contributed by atoms with E-state index >= 15 is 0 Å². The molecule has 0 saturated heterocycles. The average Bonchev–Trinajstić information content (AvgIpc) is 2.66. The van der Waals surface area contributed by atoms with E-state index in [0.29, 0.717) is 36.3 Å². The number of amides is 1. The predicted molar refractivity (Wildman–Crippen MR) is 85.8 cm³/mol. The minimum Gasteiger partial charge on any atom is -0.509 e. The summed E-state index contributed by atoms with van der Waals surface area (Å²) >= 11 is 6.05. The highest BCUT2D eigenvalue weighted by Crippen LogP contribution is 2.42. The van der Waals surface area contributed by atoms with Gasteiger partial charge in [0, 0.05) is 5.02 Å². The number of hydrogen-bond acceptors (Lipinski definition) is 3. The summed E-state index contributed by atoms with van der Waals surface area (Å²) in [5, 5.41) is 24.0. The van der Waals surface area contributed by atoms with Crippen molar-refractivity contribution in [2.24, 2.45) is 0 Å². The third-order valence-corrected chi connectivity index (χ3v) is 5.04. The van der Waals surface area contributed by atoms with Crippen molar-refractivity contribution in [1.29, 1.82) is 0 Å². The Kier molecular flexibility index (Phi) is 3.69. The molecule has 1 aliphatic heterocycles. The van der Waals surface area contributed by atoms with E-state index in [0.717, 1.165) is 16.7 Å². The van der Waals surface area contributed by atoms with Crippen molar-refractivity contribution in [2.45, 2.75) is 51.2 Å². The Balaban J connectivity index is 2.10. The van der Waals surface area contributed by atoms with Gasteiger partial charge in [0.05, 0.1) is 17.2 Å². The van der Waals surface area contributed by atoms with Crippen LogP contribution in [0.4, 0.5) is 0 Å². The maximum absolute atomic E-state index is 12.5. The molecule has 2 aliphatic rings. The Bertz CT molecular complexity index is 649. The van der Waals surface area contributed by atoms with Crippen LogP contribution >= 0.6 is 11.6 Å². The van der Waals surface area contributed by atoms with Crippen LogP contribution in [0, 0.1) is 13.8 Å². The van der Waals surface area contributed by atoms with Gasteiger partial charge in [-0.1, -0.05) is 11.6 Å². The Hall–Kier alpha value is -1.52. The lowest BCUT2D eigenvalue weighted by molar-refractivity contribution is -0.116. The van der Waals surface area contributed by atoms with Gasteiger partial charge < -0.3 is 15.5 Å². The van der Waals surface area contributed by atoms with Gasteiger partial charge in [-0.2, -0.15) is 0 Å². The summed E-state index contributed by atoms with van der Waals surface area (Å²) < 4.78 is 0. The maximum atomic E-state index is 12.5. The van der Waals surface area contributed by atoms with Gasteiger partial charge in [-0.25, -0.2) is 0 Å². The zero-order valence-corrected chi connectivity index (χ0v) is 13.5. The molecule has 3 N–H and O–H groups in total. The second-order valence-corrected chi connectivity index (χ2v) is 6.84. The van der Waals surface area contributed by atoms with Gasteiger partial charge in [0.2, 0.25) is 0 Å². The number of halogens is 1. The van der Waals surface area contributed by atoms with Gasteiger partial charge in [0.1, 0.15) is 5.76 Å². The summed E-state index contributed by atoms with van der Waals surface area (Å²) in [7, 11) is 0. The predicted octanol–water partition coefficient (Wildman–Crippen LogP) is 3.03. The second-order valence-electron chi connectivity index (χ2n) is 6.41. The molecule has 118 valence electrons. The first-order valence-electron chi connectivity index (χ1n) is 7.55. The van der Waals surface area contributed by atoms with Crippen molar-refractivity contribution >= 4 is 23.1 Å². The molecule has 5 heteroatoms. The molecule has 0 unspecified atom stereocenters. The van der Waals surface area contributed by atoms with Crippen LogP contribution < -0.4 is 5.32 Å². The fourth-order valence-electron chi connectivity index (χ4n) is 3.68. The highest BCUT2D eigenvalue weighted by molar-refractivity contribution is 6.31. The highest BCUT2D eigenvalue weighted by Gasteiger charge is 2.48. The molecular weight excluding hydrogens is 302 g/mol. The van der Waals surface area contributed by atoms with Crippen LogP contribution in [0.3, 0.4) is 0 Å². The fourth-order valence-corrected chi connectivity index (χ4v) is 4.01. The van der Waals surface area contributed by atoms with Crippen LogP contribution in [0.2, 0.25) is 5.02 Å². The SMILES string of the molecule is Cc1cc(Cl)cc(C)c1C1=C(O)[C@]2(CC[C@H](O)CC2)NC1=O. The summed E-state index contributed by atoms with van der Waals surface area (Å²) in [4.78, 5) is 12.5. The normalized spacial score (nSPS) is 28.4. The summed E-state index contributed by atoms with van der Waals surface area (Å²) in [6, 6.07) is 3.60. The molecule has 1 spiro atoms. The fraction of sp³-hybridized carbons (Fsp3) is 0.471. The minimum atomic E-state index is -0.718. The highest BCUT2D eigenvalue weighted by atomic mass is 35.5. The van der Waals surface area contributed by atoms with Crippen molar-refractivity contribution in [3.8, 4) is 0 Å². The van der Waals surface area contributed by atoms with Gasteiger partial charge in [0.15, 0.2) is 0 Å². The van der Waals surface area contributed by atoms with E-state index in [-0.39, 0.29) is 17.8 Å². The molecule has 1 aromatic carbocycles. The van der Waals surface area contributed by atoms with Crippen molar-refractivity contribution in [3.63, 3.8) is 0 Å². The lowest BCUT2D eigenvalue weighted by Gasteiger charge is -2.35. The molecule has 4 nitrogen and oxygen atoms in total. The Morgan fingerprint density at radius 1 is 1.23 bits per heavy atom. The number of nitrogens with one attached hydrogen (secondary N) is 1. The van der Waals surface area contributed by atoms with E-state index in [1.54, 1.807) is 12.1 Å². The van der Waals surface area contributed by atoms with E-state index < -0.39 is 5.54 Å². The third-order valence-electron chi connectivity index (χ3n) is 4.83. The summed E-state index contributed by atoms with van der Waals surface area (Å²) in [6.45, 7) is 3.77. The van der Waals surface area contributed by atoms with Crippen LogP contribution in [0.15, 0.2) is 17.9 Å². The van der Waals surface area contributed by atoms with Gasteiger partial charge in [-0.15, -0.1) is 0 Å². The van der Waals surface area contributed by atoms with E-state index in [4.69, 9.17) is 11.6 Å². The minimum absolute atomic E-state index is 0.109. The largest absolute Gasteiger partial charge is 0.509 e. The van der Waals surface area contributed by atoms with Crippen molar-refractivity contribution < 1.29 is 15.0 Å². The summed E-state index contributed by atoms with van der Waals surface area (Å²) in [5.41, 5.74) is 2.12. The number of benzene rings is 1. The van der Waals surface area contributed by atoms with Gasteiger partial charge >= 0.3 is 0 Å². The molecule has 1 heterocycles. The monoisotopic (exact) mass is 321 g/mol. The number of carbonyl (C=O) groups is 1. The van der Waals surface area contributed by atoms with Crippen LogP contribution in [-0.4, -0.2) is 27.8 Å². The van der Waals surface area contributed by atoms with Gasteiger partial charge in [-0.05, 0) is 68.4 Å². The van der Waals surface area contributed by atoms with Gasteiger partial charge in [-0.3, -0.25) is 4.79 Å². The lowest BCUT2D eigenvalue weighted by Crippen LogP contribution is -2.48. The Morgan fingerprint density at radius 3 is 2.32 bits per heavy atom. The topological polar surface area (TPSA) is 69.6 Å². The molecule has 1 aromatic rings. The summed E-state index contributed by atoms with van der Waals surface area (Å²) in [5.74, 6) is -0.139. The van der Waals surface area contributed by atoms with Crippen molar-refractivity contribution in [3.05, 3.63) is 39.6 Å². The van der Waals surface area contributed by atoms with Gasteiger partial charge in [0.25, 0.3) is 5.91 Å². The maximum Gasteiger partial charge on any atom is 0.256 e. The molecule has 0 aromatic heterocycles. The molecule has 1 fully saturated rings. The molecule has 3 rings (SSSR count). The first-order valence-corrected chi connectivity index (χ1v) is 7.93. The van der Waals surface area contributed by atoms with E-state index in [1.165, 1.54) is 0 Å². The Labute approximate surface area is 134 Å². The lowest BCUT2D eigenvalue weighted by atomic mass is 9.79. The standard InChI is InChI=1S/C17H20ClNO3/c1-9-7-11(18)8-10(2)13(9)14-15(21)17(19-16(14)22)5-3-12(20)4-6-17/h7-8,12,20-21H,3-6H2,1-2H3,(H,19,22)/t12-,17+. The smallest absolute Gasteiger partial charge is 0.256 e. The molecule has 0 atom stereocenters. The molecular formula is C17H20ClNO3. The molecule has 0 radical (unpaired) electrons. The molecule has 1 aliphatic carbocycles. The van der Waals surface area contributed by atoms with E-state index in [2.05, 4.69) is 5.32 Å². The van der Waals surface area contributed by atoms with E-state index in [1.807, 2.05) is 13.8 Å². The van der Waals surface area contributed by atoms with Crippen LogP contribution in [0.25, 0.3) is 5.57 Å². The van der Waals surface area contributed by atoms with Crippen LogP contribution in [0.5, 0.6) is 0 Å². The second kappa shape index (κ2) is 5.28. The first-order chi connectivity index (χ1) is 10.3. The van der Waals surface area contributed by atoms with Crippen molar-refractivity contribution in [2.75, 3.05) is 0 Å². The Morgan fingerprint density at radius 2 is 1.77 bits per heavy atom. The molecule has 22 heavy (non-hydrogen) atoms. The number of hydrogen-bond donors (Lipinski definition) is 3. The average molecular weight is 322 g/mol. The quantitative estimate of drug-likeness (QED) is 0.744. The molecule has 1 saturated carbocycles. The zero-order chi connectivity index (χ0) is 16.1. The number of rotatable bonds is 1. The van der Waals surface area contributed by atoms with Crippen LogP contribution in [0.1, 0.15) is 42.4 Å². The van der Waals surface area contributed by atoms with Crippen LogP contribution in [-0.2, 0) is 4.79 Å². The third kappa shape index (κ3) is 2.31. The number of carbonyl (C=O) groups excluding carboxylic acids is 1. The van der Waals surface area contributed by atoms with E-state index in [9.17, 15) is 15.0 Å². The summed E-state index contributed by atoms with van der Waals surface area (Å²) in [6.07, 6.45) is 1.92. The number of aliphatic hydroxyl groups is 2. The molecule has 1 amide bonds. The molecule has 0 bridgehead atoms. The number of aryl methyl sites for hydroxylation is 2. The number of aliphatic hydroxyl groups excluding tert-OH is 2.